The van der Waals surface area contributed by atoms with Gasteiger partial charge in [-0.25, -0.2) is 4.57 Å². The normalized spacial score (nSPS) is 16.1. The maximum absolute atomic E-state index is 12.4. The molecular formula is C27H52N2O6P+. The van der Waals surface area contributed by atoms with Crippen molar-refractivity contribution in [2.24, 2.45) is 0 Å². The molecule has 9 heteroatoms. The minimum absolute atomic E-state index is 0.0524. The van der Waals surface area contributed by atoms with E-state index >= 15 is 0 Å². The maximum Gasteiger partial charge on any atom is 0.472 e. The van der Waals surface area contributed by atoms with Crippen LogP contribution < -0.4 is 5.32 Å². The average molecular weight is 532 g/mol. The first-order valence-electron chi connectivity index (χ1n) is 13.3. The topological polar surface area (TPSA) is 105 Å². The lowest BCUT2D eigenvalue weighted by Crippen LogP contribution is -2.45. The zero-order chi connectivity index (χ0) is 27.3. The molecule has 0 saturated carbocycles. The zero-order valence-corrected chi connectivity index (χ0v) is 24.1. The standard InChI is InChI=1S/C27H51N2O6P/c1-6-8-10-12-13-14-15-17-18-20-26(30)25(28-27(31)21-19-16-11-9-7-2)24-35-36(32,33)34-23-22-29(3,4)5/h6,8,13-14,18,20,25-26,30H,7,9-12,15-17,19,21-24H2,1-5H3,(H-,28,31,32,33)/p+1/b8-6+,14-13+,20-18+. The molecule has 0 aliphatic rings. The van der Waals surface area contributed by atoms with Gasteiger partial charge in [-0.05, 0) is 39.0 Å². The number of carbonyl (C=O) groups is 1. The molecular weight excluding hydrogens is 479 g/mol. The number of likely N-dealkylation sites (N-methyl/N-ethyl adjacent to an activating group) is 1. The molecule has 0 aromatic carbocycles. The van der Waals surface area contributed by atoms with Gasteiger partial charge in [0.2, 0.25) is 5.91 Å². The number of phosphoric acid groups is 1. The van der Waals surface area contributed by atoms with E-state index in [1.54, 1.807) is 6.08 Å². The van der Waals surface area contributed by atoms with Crippen LogP contribution in [-0.4, -0.2) is 73.4 Å². The number of amides is 1. The SMILES string of the molecule is C/C=C/CC/C=C/CC/C=C/C(O)C(COP(=O)(O)OCC[N+](C)(C)C)NC(=O)CCCCCCC. The molecule has 3 atom stereocenters. The molecule has 0 aliphatic heterocycles. The lowest BCUT2D eigenvalue weighted by molar-refractivity contribution is -0.870. The first-order chi connectivity index (χ1) is 17.0. The van der Waals surface area contributed by atoms with Crippen molar-refractivity contribution in [3.05, 3.63) is 36.5 Å². The van der Waals surface area contributed by atoms with E-state index < -0.39 is 20.0 Å². The van der Waals surface area contributed by atoms with Gasteiger partial charge >= 0.3 is 7.82 Å². The Morgan fingerprint density at radius 1 is 0.972 bits per heavy atom. The van der Waals surface area contributed by atoms with Gasteiger partial charge in [-0.1, -0.05) is 69.1 Å². The van der Waals surface area contributed by atoms with E-state index in [1.807, 2.05) is 40.2 Å². The number of unbranched alkanes of at least 4 members (excludes halogenated alkanes) is 6. The number of nitrogens with zero attached hydrogens (tertiary/aromatic N) is 1. The minimum Gasteiger partial charge on any atom is -0.387 e. The summed E-state index contributed by atoms with van der Waals surface area (Å²) in [5.74, 6) is -0.213. The zero-order valence-electron chi connectivity index (χ0n) is 23.2. The molecule has 0 heterocycles. The summed E-state index contributed by atoms with van der Waals surface area (Å²) in [6.45, 7) is 4.39. The lowest BCUT2D eigenvalue weighted by atomic mass is 10.1. The van der Waals surface area contributed by atoms with Crippen LogP contribution in [-0.2, 0) is 18.4 Å². The Balaban J connectivity index is 4.83. The number of aliphatic hydroxyl groups is 1. The fourth-order valence-corrected chi connectivity index (χ4v) is 3.93. The molecule has 0 bridgehead atoms. The number of hydrogen-bond donors (Lipinski definition) is 3. The molecule has 3 unspecified atom stereocenters. The Hall–Kier alpha value is -1.28. The highest BCUT2D eigenvalue weighted by Crippen LogP contribution is 2.43. The monoisotopic (exact) mass is 531 g/mol. The van der Waals surface area contributed by atoms with E-state index in [0.717, 1.165) is 57.8 Å². The van der Waals surface area contributed by atoms with E-state index in [9.17, 15) is 19.4 Å². The van der Waals surface area contributed by atoms with Crippen LogP contribution in [0.5, 0.6) is 0 Å². The summed E-state index contributed by atoms with van der Waals surface area (Å²) in [7, 11) is 1.53. The van der Waals surface area contributed by atoms with Crippen molar-refractivity contribution in [1.82, 2.24) is 5.32 Å². The van der Waals surface area contributed by atoms with Crippen LogP contribution in [0, 0.1) is 0 Å². The molecule has 1 amide bonds. The van der Waals surface area contributed by atoms with Crippen LogP contribution in [0.25, 0.3) is 0 Å². The van der Waals surface area contributed by atoms with Gasteiger partial charge in [0.1, 0.15) is 13.2 Å². The first-order valence-corrected chi connectivity index (χ1v) is 14.8. The molecule has 210 valence electrons. The van der Waals surface area contributed by atoms with Crippen molar-refractivity contribution in [3.8, 4) is 0 Å². The van der Waals surface area contributed by atoms with Gasteiger partial charge in [0.25, 0.3) is 0 Å². The predicted octanol–water partition coefficient (Wildman–Crippen LogP) is 5.28. The van der Waals surface area contributed by atoms with E-state index in [-0.39, 0.29) is 19.1 Å². The quantitative estimate of drug-likeness (QED) is 0.0760. The fourth-order valence-electron chi connectivity index (χ4n) is 3.19. The van der Waals surface area contributed by atoms with Crippen molar-refractivity contribution < 1.29 is 32.9 Å². The second-order valence-electron chi connectivity index (χ2n) is 10.1. The van der Waals surface area contributed by atoms with E-state index in [2.05, 4.69) is 30.5 Å². The van der Waals surface area contributed by atoms with Gasteiger partial charge in [0, 0.05) is 6.42 Å². The number of phosphoric ester groups is 1. The van der Waals surface area contributed by atoms with Gasteiger partial charge < -0.3 is 19.8 Å². The lowest BCUT2D eigenvalue weighted by Gasteiger charge is -2.25. The molecule has 0 aliphatic carbocycles. The van der Waals surface area contributed by atoms with Gasteiger partial charge in [0.05, 0.1) is 39.9 Å². The van der Waals surface area contributed by atoms with Crippen molar-refractivity contribution in [2.75, 3.05) is 40.9 Å². The number of allylic oxidation sites excluding steroid dienone is 5. The van der Waals surface area contributed by atoms with Crippen LogP contribution in [0.15, 0.2) is 36.5 Å². The fraction of sp³-hybridized carbons (Fsp3) is 0.741. The summed E-state index contributed by atoms with van der Waals surface area (Å²) in [5, 5.41) is 13.4. The largest absolute Gasteiger partial charge is 0.472 e. The predicted molar refractivity (Wildman–Crippen MR) is 148 cm³/mol. The average Bonchev–Trinajstić information content (AvgIpc) is 2.79. The van der Waals surface area contributed by atoms with Crippen molar-refractivity contribution >= 4 is 13.7 Å². The summed E-state index contributed by atoms with van der Waals surface area (Å²) in [6, 6.07) is -0.858. The van der Waals surface area contributed by atoms with E-state index in [1.165, 1.54) is 0 Å². The molecule has 0 radical (unpaired) electrons. The first kappa shape index (κ1) is 34.7. The van der Waals surface area contributed by atoms with Crippen molar-refractivity contribution in [1.29, 1.82) is 0 Å². The third kappa shape index (κ3) is 22.0. The van der Waals surface area contributed by atoms with Crippen molar-refractivity contribution in [2.45, 2.75) is 90.2 Å². The molecule has 0 aromatic heterocycles. The summed E-state index contributed by atoms with van der Waals surface area (Å²) >= 11 is 0. The number of aliphatic hydroxyl groups excluding tert-OH is 1. The molecule has 8 nitrogen and oxygen atoms in total. The third-order valence-corrected chi connectivity index (χ3v) is 6.42. The van der Waals surface area contributed by atoms with Crippen LogP contribution >= 0.6 is 7.82 Å². The summed E-state index contributed by atoms with van der Waals surface area (Å²) in [6.07, 6.45) is 19.8. The van der Waals surface area contributed by atoms with Crippen molar-refractivity contribution in [3.63, 3.8) is 0 Å². The highest BCUT2D eigenvalue weighted by atomic mass is 31.2. The molecule has 0 aromatic rings. The van der Waals surface area contributed by atoms with E-state index in [0.29, 0.717) is 17.4 Å². The Bertz CT molecular complexity index is 703. The number of rotatable bonds is 22. The van der Waals surface area contributed by atoms with Crippen LogP contribution in [0.1, 0.15) is 78.1 Å². The number of quaternary nitrogens is 1. The summed E-state index contributed by atoms with van der Waals surface area (Å²) in [5.41, 5.74) is 0. The molecule has 36 heavy (non-hydrogen) atoms. The molecule has 0 saturated heterocycles. The Labute approximate surface area is 219 Å². The highest BCUT2D eigenvalue weighted by Gasteiger charge is 2.27. The van der Waals surface area contributed by atoms with Gasteiger partial charge in [-0.15, -0.1) is 0 Å². The van der Waals surface area contributed by atoms with Crippen LogP contribution in [0.4, 0.5) is 0 Å². The van der Waals surface area contributed by atoms with Gasteiger partial charge in [-0.2, -0.15) is 0 Å². The summed E-state index contributed by atoms with van der Waals surface area (Å²) in [4.78, 5) is 22.5. The highest BCUT2D eigenvalue weighted by molar-refractivity contribution is 7.47. The van der Waals surface area contributed by atoms with Gasteiger partial charge in [-0.3, -0.25) is 13.8 Å². The Kier molecular flexibility index (Phi) is 20.0. The Morgan fingerprint density at radius 3 is 2.19 bits per heavy atom. The minimum atomic E-state index is -4.31. The maximum atomic E-state index is 12.4. The second kappa shape index (κ2) is 20.7. The third-order valence-electron chi connectivity index (χ3n) is 5.44. The van der Waals surface area contributed by atoms with Crippen LogP contribution in [0.2, 0.25) is 0 Å². The molecule has 0 rings (SSSR count). The molecule has 3 N–H and O–H groups in total. The molecule has 0 spiro atoms. The van der Waals surface area contributed by atoms with Gasteiger partial charge in [0.15, 0.2) is 0 Å². The van der Waals surface area contributed by atoms with E-state index in [4.69, 9.17) is 9.05 Å². The summed E-state index contributed by atoms with van der Waals surface area (Å²) < 4.78 is 23.1. The second-order valence-corrected chi connectivity index (χ2v) is 11.5. The smallest absolute Gasteiger partial charge is 0.387 e. The number of nitrogens with one attached hydrogen (secondary N) is 1. The number of carbonyl (C=O) groups excluding carboxylic acids is 1. The number of hydrogen-bond acceptors (Lipinski definition) is 5. The molecule has 0 fully saturated rings. The Morgan fingerprint density at radius 2 is 1.58 bits per heavy atom. The van der Waals surface area contributed by atoms with Crippen LogP contribution in [0.3, 0.4) is 0 Å².